The van der Waals surface area contributed by atoms with Gasteiger partial charge in [0, 0.05) is 21.7 Å². The van der Waals surface area contributed by atoms with Crippen LogP contribution in [-0.4, -0.2) is 4.98 Å². The maximum atomic E-state index is 4.40. The fourth-order valence-electron chi connectivity index (χ4n) is 2.57. The van der Waals surface area contributed by atoms with Crippen molar-refractivity contribution in [3.63, 3.8) is 0 Å². The van der Waals surface area contributed by atoms with Crippen molar-refractivity contribution in [2.75, 3.05) is 0 Å². The molecule has 0 bridgehead atoms. The Morgan fingerprint density at radius 1 is 0.857 bits per heavy atom. The van der Waals surface area contributed by atoms with Gasteiger partial charge >= 0.3 is 0 Å². The number of hydrogen-bond donors (Lipinski definition) is 0. The molecule has 28 heavy (non-hydrogen) atoms. The maximum absolute atomic E-state index is 4.40. The highest BCUT2D eigenvalue weighted by molar-refractivity contribution is 7.99. The van der Waals surface area contributed by atoms with E-state index < -0.39 is 0 Å². The van der Waals surface area contributed by atoms with Gasteiger partial charge in [-0.05, 0) is 56.0 Å². The molecule has 1 heterocycles. The normalized spacial score (nSPS) is 9.04. The van der Waals surface area contributed by atoms with Crippen LogP contribution in [-0.2, 0) is 6.42 Å². The minimum absolute atomic E-state index is 1.08. The number of rotatable bonds is 8. The minimum Gasteiger partial charge on any atom is -0.260 e. The summed E-state index contributed by atoms with van der Waals surface area (Å²) in [5.41, 5.74) is 3.84. The van der Waals surface area contributed by atoms with E-state index in [1.54, 1.807) is 11.8 Å². The molecule has 0 radical (unpaired) electrons. The number of aromatic nitrogens is 1. The molecule has 0 fully saturated rings. The highest BCUT2D eigenvalue weighted by atomic mass is 32.2. The first-order valence-electron chi connectivity index (χ1n) is 10.4. The van der Waals surface area contributed by atoms with Crippen LogP contribution < -0.4 is 0 Å². The van der Waals surface area contributed by atoms with Gasteiger partial charge in [-0.25, -0.2) is 0 Å². The number of nitrogens with zero attached hydrogens (tertiary/aromatic N) is 1. The quantitative estimate of drug-likeness (QED) is 0.324. The predicted octanol–water partition coefficient (Wildman–Crippen LogP) is 8.99. The molecule has 0 amide bonds. The fraction of sp³-hybridized carbons (Fsp3) is 0.423. The Labute approximate surface area is 179 Å². The number of aryl methyl sites for hydroxylation is 3. The Morgan fingerprint density at radius 2 is 1.43 bits per heavy atom. The molecule has 0 saturated carbocycles. The maximum Gasteiger partial charge on any atom is 0.0413 e. The van der Waals surface area contributed by atoms with E-state index >= 15 is 0 Å². The van der Waals surface area contributed by atoms with Crippen molar-refractivity contribution in [3.8, 4) is 0 Å². The second-order valence-electron chi connectivity index (χ2n) is 6.00. The second-order valence-corrected chi connectivity index (χ2v) is 7.12. The van der Waals surface area contributed by atoms with E-state index in [0.717, 1.165) is 5.69 Å². The lowest BCUT2D eigenvalue weighted by Gasteiger charge is -2.07. The largest absolute Gasteiger partial charge is 0.260 e. The van der Waals surface area contributed by atoms with Crippen LogP contribution in [0.4, 0.5) is 0 Å². The summed E-state index contributed by atoms with van der Waals surface area (Å²) in [5.74, 6) is 0. The highest BCUT2D eigenvalue weighted by Gasteiger charge is 2.03. The van der Waals surface area contributed by atoms with Crippen molar-refractivity contribution in [1.29, 1.82) is 0 Å². The van der Waals surface area contributed by atoms with Crippen molar-refractivity contribution in [3.05, 3.63) is 79.7 Å². The van der Waals surface area contributed by atoms with E-state index in [4.69, 9.17) is 0 Å². The van der Waals surface area contributed by atoms with Crippen LogP contribution >= 0.6 is 11.8 Å². The molecule has 2 aromatic rings. The third-order valence-corrected chi connectivity index (χ3v) is 5.07. The zero-order chi connectivity index (χ0) is 21.8. The summed E-state index contributed by atoms with van der Waals surface area (Å²) in [7, 11) is 0. The Balaban J connectivity index is 0. The molecule has 2 rings (SSSR count). The van der Waals surface area contributed by atoms with E-state index in [9.17, 15) is 0 Å². The van der Waals surface area contributed by atoms with Gasteiger partial charge in [0.05, 0.1) is 0 Å². The average molecular weight is 400 g/mol. The first-order chi connectivity index (χ1) is 13.7. The molecule has 156 valence electrons. The molecule has 0 spiro atoms. The first kappa shape index (κ1) is 28.4. The van der Waals surface area contributed by atoms with E-state index in [2.05, 4.69) is 75.5 Å². The van der Waals surface area contributed by atoms with Gasteiger partial charge in [-0.1, -0.05) is 70.3 Å². The molecular weight excluding hydrogens is 358 g/mol. The summed E-state index contributed by atoms with van der Waals surface area (Å²) in [6, 6.07) is 11.2. The highest BCUT2D eigenvalue weighted by Crippen LogP contribution is 2.30. The summed E-state index contributed by atoms with van der Waals surface area (Å²) in [4.78, 5) is 6.94. The molecule has 0 aliphatic rings. The number of hydrogen-bond acceptors (Lipinski definition) is 2. The van der Waals surface area contributed by atoms with Gasteiger partial charge < -0.3 is 0 Å². The van der Waals surface area contributed by atoms with Gasteiger partial charge in [-0.3, -0.25) is 4.98 Å². The van der Waals surface area contributed by atoms with Crippen LogP contribution in [0.15, 0.2) is 72.6 Å². The van der Waals surface area contributed by atoms with Gasteiger partial charge in [0.15, 0.2) is 0 Å². The third kappa shape index (κ3) is 12.6. The zero-order valence-electron chi connectivity index (χ0n) is 18.9. The van der Waals surface area contributed by atoms with Crippen molar-refractivity contribution in [2.24, 2.45) is 0 Å². The van der Waals surface area contributed by atoms with Crippen molar-refractivity contribution >= 4 is 11.8 Å². The monoisotopic (exact) mass is 399 g/mol. The van der Waals surface area contributed by atoms with Gasteiger partial charge in [0.1, 0.15) is 0 Å². The van der Waals surface area contributed by atoms with Crippen molar-refractivity contribution in [1.82, 2.24) is 4.98 Å². The summed E-state index contributed by atoms with van der Waals surface area (Å²) in [6.07, 6.45) is 9.94. The van der Waals surface area contributed by atoms with Crippen LogP contribution in [0.5, 0.6) is 0 Å². The summed E-state index contributed by atoms with van der Waals surface area (Å²) >= 11 is 1.80. The molecule has 1 nitrogen and oxygen atoms in total. The molecule has 0 saturated heterocycles. The average Bonchev–Trinajstić information content (AvgIpc) is 2.75. The van der Waals surface area contributed by atoms with Gasteiger partial charge in [-0.2, -0.15) is 0 Å². The van der Waals surface area contributed by atoms with Crippen LogP contribution in [0.1, 0.15) is 69.7 Å². The predicted molar refractivity (Wildman–Crippen MR) is 131 cm³/mol. The summed E-state index contributed by atoms with van der Waals surface area (Å²) in [6.45, 7) is 22.5. The lowest BCUT2D eigenvalue weighted by molar-refractivity contribution is 0.632. The molecule has 0 aliphatic carbocycles. The Morgan fingerprint density at radius 3 is 1.96 bits per heavy atom. The Kier molecular flexibility index (Phi) is 20.2. The third-order valence-electron chi connectivity index (χ3n) is 3.92. The van der Waals surface area contributed by atoms with Crippen LogP contribution in [0, 0.1) is 13.8 Å². The lowest BCUT2D eigenvalue weighted by atomic mass is 10.1. The summed E-state index contributed by atoms with van der Waals surface area (Å²) < 4.78 is 0. The minimum atomic E-state index is 1.08. The van der Waals surface area contributed by atoms with Crippen LogP contribution in [0.2, 0.25) is 0 Å². The number of benzene rings is 1. The molecule has 1 aromatic heterocycles. The van der Waals surface area contributed by atoms with E-state index in [0.29, 0.717) is 0 Å². The number of pyridine rings is 1. The number of unbranched alkanes of at least 4 members (excludes halogenated alkanes) is 4. The van der Waals surface area contributed by atoms with Crippen molar-refractivity contribution < 1.29 is 0 Å². The van der Waals surface area contributed by atoms with Crippen molar-refractivity contribution in [2.45, 2.75) is 82.9 Å². The molecule has 0 atom stereocenters. The Bertz CT molecular complexity index is 602. The molecular formula is C26H41NS. The molecule has 1 aromatic carbocycles. The molecule has 2 heteroatoms. The van der Waals surface area contributed by atoms with E-state index in [1.165, 1.54) is 59.4 Å². The van der Waals surface area contributed by atoms with Gasteiger partial charge in [0.25, 0.3) is 0 Å². The molecule has 0 aliphatic heterocycles. The lowest BCUT2D eigenvalue weighted by Crippen LogP contribution is -1.88. The Hall–Kier alpha value is -1.80. The standard InChI is InChI=1S/C20H27NS.C2H6.2C2H4/c1-4-5-6-7-8-9-18-10-12-19(13-11-18)22-20-15-21-17(3)14-16(20)2;3*1-2/h10-15H,4-9H2,1-3H3;1-2H3;2*1-2H2. The van der Waals surface area contributed by atoms with Gasteiger partial charge in [-0.15, -0.1) is 26.3 Å². The van der Waals surface area contributed by atoms with Crippen LogP contribution in [0.25, 0.3) is 0 Å². The van der Waals surface area contributed by atoms with Gasteiger partial charge in [0.2, 0.25) is 0 Å². The topological polar surface area (TPSA) is 12.9 Å². The van der Waals surface area contributed by atoms with E-state index in [-0.39, 0.29) is 0 Å². The second kappa shape index (κ2) is 19.9. The zero-order valence-corrected chi connectivity index (χ0v) is 19.7. The molecule has 0 N–H and O–H groups in total. The van der Waals surface area contributed by atoms with E-state index in [1.807, 2.05) is 27.0 Å². The first-order valence-corrected chi connectivity index (χ1v) is 11.2. The fourth-order valence-corrected chi connectivity index (χ4v) is 3.43. The summed E-state index contributed by atoms with van der Waals surface area (Å²) in [5, 5.41) is 0. The van der Waals surface area contributed by atoms with Crippen LogP contribution in [0.3, 0.4) is 0 Å². The SMILES string of the molecule is C=C.C=C.CC.CCCCCCCc1ccc(Sc2cnc(C)cc2C)cc1. The molecule has 0 unspecified atom stereocenters. The smallest absolute Gasteiger partial charge is 0.0413 e.